The van der Waals surface area contributed by atoms with Crippen LogP contribution < -0.4 is 11.5 Å². The highest BCUT2D eigenvalue weighted by atomic mass is 16.4. The maximum absolute atomic E-state index is 12.6. The second-order valence-electron chi connectivity index (χ2n) is 5.43. The Bertz CT molecular complexity index is 382. The smallest absolute Gasteiger partial charge is 0.307 e. The highest BCUT2D eigenvalue weighted by molar-refractivity contribution is 6.38. The van der Waals surface area contributed by atoms with E-state index in [9.17, 15) is 9.59 Å². The van der Waals surface area contributed by atoms with Gasteiger partial charge in [-0.3, -0.25) is 9.59 Å². The molecule has 8 heteroatoms. The topological polar surface area (TPSA) is 119 Å². The van der Waals surface area contributed by atoms with E-state index in [1.54, 1.807) is 0 Å². The molecule has 4 atom stereocenters. The monoisotopic (exact) mass is 282 g/mol. The molecule has 2 amide bonds. The van der Waals surface area contributed by atoms with E-state index < -0.39 is 17.8 Å². The molecule has 1 saturated heterocycles. The van der Waals surface area contributed by atoms with Crippen LogP contribution in [0.25, 0.3) is 0 Å². The highest BCUT2D eigenvalue weighted by Gasteiger charge is 2.48. The van der Waals surface area contributed by atoms with Gasteiger partial charge >= 0.3 is 7.48 Å². The van der Waals surface area contributed by atoms with Gasteiger partial charge in [-0.25, -0.2) is 0 Å². The van der Waals surface area contributed by atoms with Crippen molar-refractivity contribution in [2.45, 2.75) is 31.1 Å². The molecule has 1 radical (unpaired) electrons. The van der Waals surface area contributed by atoms with Crippen molar-refractivity contribution in [3.63, 3.8) is 0 Å². The number of carbonyl (C=O) groups is 2. The maximum Gasteiger partial charge on any atom is 0.307 e. The van der Waals surface area contributed by atoms with E-state index in [0.717, 1.165) is 12.8 Å². The number of carbonyl (C=O) groups excluding carboxylic acids is 2. The molecule has 4 unspecified atom stereocenters. The van der Waals surface area contributed by atoms with E-state index in [1.165, 1.54) is 12.4 Å². The van der Waals surface area contributed by atoms with Crippen LogP contribution in [0.1, 0.15) is 19.3 Å². The van der Waals surface area contributed by atoms with Crippen LogP contribution in [0.3, 0.4) is 0 Å². The lowest BCUT2D eigenvalue weighted by Gasteiger charge is -2.27. The second kappa shape index (κ2) is 6.56. The van der Waals surface area contributed by atoms with Gasteiger partial charge in [0.1, 0.15) is 6.04 Å². The van der Waals surface area contributed by atoms with E-state index in [1.807, 2.05) is 0 Å². The van der Waals surface area contributed by atoms with Gasteiger partial charge in [0, 0.05) is 19.0 Å². The maximum atomic E-state index is 12.6. The normalized spacial score (nSPS) is 30.1. The molecule has 0 spiro atoms. The predicted molar refractivity (Wildman–Crippen MR) is 72.3 cm³/mol. The summed E-state index contributed by atoms with van der Waals surface area (Å²) < 4.78 is 5.07. The summed E-state index contributed by atoms with van der Waals surface area (Å²) in [4.78, 5) is 25.5. The van der Waals surface area contributed by atoms with Crippen molar-refractivity contribution in [1.82, 2.24) is 4.90 Å². The lowest BCUT2D eigenvalue weighted by molar-refractivity contribution is -0.137. The van der Waals surface area contributed by atoms with Gasteiger partial charge in [-0.05, 0) is 31.1 Å². The lowest BCUT2D eigenvalue weighted by Crippen LogP contribution is -2.46. The van der Waals surface area contributed by atoms with Crippen molar-refractivity contribution < 1.29 is 19.3 Å². The first kappa shape index (κ1) is 15.3. The number of hydrogen-bond donors (Lipinski definition) is 3. The first-order valence-corrected chi connectivity index (χ1v) is 6.95. The quantitative estimate of drug-likeness (QED) is 0.385. The van der Waals surface area contributed by atoms with Gasteiger partial charge in [0.05, 0.1) is 6.73 Å². The van der Waals surface area contributed by atoms with E-state index in [4.69, 9.17) is 21.2 Å². The van der Waals surface area contributed by atoms with E-state index >= 15 is 0 Å². The fourth-order valence-electron chi connectivity index (χ4n) is 2.94. The Morgan fingerprint density at radius 1 is 1.50 bits per heavy atom. The Balaban J connectivity index is 2.04. The fourth-order valence-corrected chi connectivity index (χ4v) is 2.94. The molecule has 0 bridgehead atoms. The Morgan fingerprint density at radius 2 is 2.25 bits per heavy atom. The fraction of sp³-hybridized carbons (Fsp3) is 0.833. The molecule has 20 heavy (non-hydrogen) atoms. The van der Waals surface area contributed by atoms with Crippen LogP contribution in [-0.4, -0.2) is 55.2 Å². The lowest BCUT2D eigenvalue weighted by atomic mass is 9.74. The summed E-state index contributed by atoms with van der Waals surface area (Å²) in [6, 6.07) is -0.525. The van der Waals surface area contributed by atoms with Crippen molar-refractivity contribution in [2.75, 3.05) is 19.9 Å². The molecule has 1 aliphatic heterocycles. The second-order valence-corrected chi connectivity index (χ2v) is 5.43. The SMILES string of the molecule is NCO[B]C(C(=O)N1CCCC1C(N)=O)C1CC1CO. The van der Waals surface area contributed by atoms with Crippen LogP contribution in [0.15, 0.2) is 0 Å². The molecular weight excluding hydrogens is 261 g/mol. The van der Waals surface area contributed by atoms with E-state index in [-0.39, 0.29) is 31.1 Å². The van der Waals surface area contributed by atoms with Crippen molar-refractivity contribution in [1.29, 1.82) is 0 Å². The Hall–Kier alpha value is -1.12. The van der Waals surface area contributed by atoms with Crippen molar-refractivity contribution in [3.8, 4) is 0 Å². The highest BCUT2D eigenvalue weighted by Crippen LogP contribution is 2.47. The van der Waals surface area contributed by atoms with Crippen LogP contribution >= 0.6 is 0 Å². The molecule has 1 saturated carbocycles. The molecule has 1 aliphatic carbocycles. The number of aliphatic hydroxyl groups is 1. The number of amides is 2. The molecule has 2 aliphatic rings. The standard InChI is InChI=1S/C12H21BN3O4/c14-6-20-13-10(8-4-7(8)5-17)12(19)16-3-1-2-9(16)11(15)18/h7-10,17H,1-6,14H2,(H2,15,18). The molecule has 111 valence electrons. The van der Waals surface area contributed by atoms with Crippen LogP contribution in [0.4, 0.5) is 0 Å². The van der Waals surface area contributed by atoms with Gasteiger partial charge < -0.3 is 26.1 Å². The average Bonchev–Trinajstić information content (AvgIpc) is 3.03. The van der Waals surface area contributed by atoms with Crippen LogP contribution in [0.5, 0.6) is 0 Å². The molecule has 7 nitrogen and oxygen atoms in total. The minimum Gasteiger partial charge on any atom is -0.428 e. The molecule has 2 rings (SSSR count). The Morgan fingerprint density at radius 3 is 2.80 bits per heavy atom. The van der Waals surface area contributed by atoms with Crippen molar-refractivity contribution >= 4 is 19.3 Å². The molecule has 0 aromatic heterocycles. The van der Waals surface area contributed by atoms with Gasteiger partial charge in [-0.1, -0.05) is 0 Å². The molecule has 0 aromatic carbocycles. The first-order valence-electron chi connectivity index (χ1n) is 6.95. The number of likely N-dealkylation sites (tertiary alicyclic amines) is 1. The number of primary amides is 1. The molecular formula is C12H21BN3O4. The number of nitrogens with zero attached hydrogens (tertiary/aromatic N) is 1. The minimum absolute atomic E-state index is 0.000457. The van der Waals surface area contributed by atoms with Gasteiger partial charge in [-0.15, -0.1) is 0 Å². The van der Waals surface area contributed by atoms with E-state index in [2.05, 4.69) is 0 Å². The van der Waals surface area contributed by atoms with Gasteiger partial charge in [-0.2, -0.15) is 0 Å². The Kier molecular flexibility index (Phi) is 5.01. The summed E-state index contributed by atoms with van der Waals surface area (Å²) in [5.74, 6) is -0.899. The third kappa shape index (κ3) is 3.13. The molecule has 1 heterocycles. The summed E-state index contributed by atoms with van der Waals surface area (Å²) in [6.45, 7) is 0.597. The summed E-state index contributed by atoms with van der Waals surface area (Å²) in [6.07, 6.45) is 2.17. The number of hydrogen-bond acceptors (Lipinski definition) is 5. The third-order valence-electron chi connectivity index (χ3n) is 4.16. The summed E-state index contributed by atoms with van der Waals surface area (Å²) in [5, 5.41) is 9.16. The average molecular weight is 282 g/mol. The van der Waals surface area contributed by atoms with Crippen molar-refractivity contribution in [3.05, 3.63) is 0 Å². The van der Waals surface area contributed by atoms with Crippen LogP contribution in [0.2, 0.25) is 5.82 Å². The molecule has 5 N–H and O–H groups in total. The zero-order chi connectivity index (χ0) is 14.7. The van der Waals surface area contributed by atoms with Gasteiger partial charge in [0.2, 0.25) is 11.8 Å². The number of aliphatic hydroxyl groups excluding tert-OH is 1. The van der Waals surface area contributed by atoms with Crippen LogP contribution in [-0.2, 0) is 14.2 Å². The zero-order valence-electron chi connectivity index (χ0n) is 11.4. The Labute approximate surface area is 118 Å². The van der Waals surface area contributed by atoms with Crippen molar-refractivity contribution in [2.24, 2.45) is 23.3 Å². The third-order valence-corrected chi connectivity index (χ3v) is 4.16. The summed E-state index contributed by atoms with van der Waals surface area (Å²) in [7, 11) is 1.44. The minimum atomic E-state index is -0.525. The predicted octanol–water partition coefficient (Wildman–Crippen LogP) is -1.57. The summed E-state index contributed by atoms with van der Waals surface area (Å²) >= 11 is 0. The number of rotatable bonds is 7. The van der Waals surface area contributed by atoms with Gasteiger partial charge in [0.15, 0.2) is 0 Å². The van der Waals surface area contributed by atoms with Gasteiger partial charge in [0.25, 0.3) is 0 Å². The van der Waals surface area contributed by atoms with Crippen LogP contribution in [0, 0.1) is 11.8 Å². The number of nitrogens with two attached hydrogens (primary N) is 2. The zero-order valence-corrected chi connectivity index (χ0v) is 11.4. The molecule has 2 fully saturated rings. The van der Waals surface area contributed by atoms with E-state index in [0.29, 0.717) is 13.0 Å². The molecule has 0 aromatic rings. The summed E-state index contributed by atoms with van der Waals surface area (Å²) in [5.41, 5.74) is 10.6. The first-order chi connectivity index (χ1) is 9.60. The largest absolute Gasteiger partial charge is 0.428 e.